The van der Waals surface area contributed by atoms with E-state index < -0.39 is 0 Å². The van der Waals surface area contributed by atoms with Gasteiger partial charge < -0.3 is 14.6 Å². The van der Waals surface area contributed by atoms with Gasteiger partial charge >= 0.3 is 5.97 Å². The molecule has 3 aromatic rings. The van der Waals surface area contributed by atoms with Crippen LogP contribution in [0.2, 0.25) is 0 Å². The number of fused-ring (bicyclic) bond motifs is 1. The van der Waals surface area contributed by atoms with Crippen molar-refractivity contribution in [3.05, 3.63) is 64.4 Å². The molecule has 0 aliphatic heterocycles. The summed E-state index contributed by atoms with van der Waals surface area (Å²) >= 11 is 3.37. The minimum Gasteiger partial charge on any atom is -0.462 e. The summed E-state index contributed by atoms with van der Waals surface area (Å²) in [6, 6.07) is 14.9. The predicted molar refractivity (Wildman–Crippen MR) is 111 cm³/mol. The zero-order valence-corrected chi connectivity index (χ0v) is 17.4. The average Bonchev–Trinajstić information content (AvgIpc) is 2.98. The van der Waals surface area contributed by atoms with E-state index in [1.807, 2.05) is 54.8 Å². The van der Waals surface area contributed by atoms with Crippen molar-refractivity contribution in [1.82, 2.24) is 14.9 Å². The molecule has 0 aliphatic rings. The molecule has 1 heterocycles. The lowest BCUT2D eigenvalue weighted by Gasteiger charge is -2.12. The van der Waals surface area contributed by atoms with Crippen LogP contribution in [0, 0.1) is 0 Å². The summed E-state index contributed by atoms with van der Waals surface area (Å²) in [5.41, 5.74) is 2.27. The minimum absolute atomic E-state index is 0.0909. The van der Waals surface area contributed by atoms with Crippen LogP contribution >= 0.6 is 15.9 Å². The summed E-state index contributed by atoms with van der Waals surface area (Å²) in [6.45, 7) is 4.14. The Morgan fingerprint density at radius 2 is 1.96 bits per heavy atom. The Balaban J connectivity index is 1.72. The van der Waals surface area contributed by atoms with E-state index in [-0.39, 0.29) is 24.5 Å². The molecule has 0 spiro atoms. The first-order chi connectivity index (χ1) is 13.4. The highest BCUT2D eigenvalue weighted by molar-refractivity contribution is 9.10. The van der Waals surface area contributed by atoms with E-state index in [9.17, 15) is 9.59 Å². The largest absolute Gasteiger partial charge is 0.462 e. The number of rotatable bonds is 7. The van der Waals surface area contributed by atoms with Gasteiger partial charge in [0.25, 0.3) is 5.91 Å². The number of halogens is 1. The van der Waals surface area contributed by atoms with Crippen molar-refractivity contribution in [2.45, 2.75) is 32.9 Å². The molecule has 0 unspecified atom stereocenters. The number of aromatic nitrogens is 2. The zero-order valence-electron chi connectivity index (χ0n) is 15.8. The molecule has 0 radical (unpaired) electrons. The normalized spacial score (nSPS) is 11.0. The second-order valence-corrected chi connectivity index (χ2v) is 7.57. The molecule has 146 valence electrons. The number of nitrogens with zero attached hydrogens (tertiary/aromatic N) is 2. The maximum Gasteiger partial charge on any atom is 0.326 e. The molecule has 0 bridgehead atoms. The van der Waals surface area contributed by atoms with Crippen molar-refractivity contribution in [1.29, 1.82) is 0 Å². The van der Waals surface area contributed by atoms with Crippen molar-refractivity contribution in [2.24, 2.45) is 0 Å². The highest BCUT2D eigenvalue weighted by atomic mass is 79.9. The van der Waals surface area contributed by atoms with Gasteiger partial charge in [-0.2, -0.15) is 0 Å². The molecule has 1 N–H and O–H groups in total. The van der Waals surface area contributed by atoms with Gasteiger partial charge in [0.1, 0.15) is 12.4 Å². The van der Waals surface area contributed by atoms with Crippen molar-refractivity contribution in [3.63, 3.8) is 0 Å². The maximum absolute atomic E-state index is 12.3. The Labute approximate surface area is 172 Å². The first kappa shape index (κ1) is 20.1. The maximum atomic E-state index is 12.3. The predicted octanol–water partition coefficient (Wildman–Crippen LogP) is 3.72. The average molecular weight is 444 g/mol. The summed E-state index contributed by atoms with van der Waals surface area (Å²) in [5, 5.41) is 2.90. The van der Waals surface area contributed by atoms with Crippen LogP contribution < -0.4 is 5.32 Å². The highest BCUT2D eigenvalue weighted by Crippen LogP contribution is 2.17. The van der Waals surface area contributed by atoms with Gasteiger partial charge in [0.15, 0.2) is 0 Å². The summed E-state index contributed by atoms with van der Waals surface area (Å²) < 4.78 is 7.98. The number of amides is 1. The number of esters is 1. The third-order valence-corrected chi connectivity index (χ3v) is 4.60. The number of carbonyl (C=O) groups excluding carboxylic acids is 2. The Morgan fingerprint density at radius 3 is 2.71 bits per heavy atom. The Morgan fingerprint density at radius 1 is 1.18 bits per heavy atom. The second kappa shape index (κ2) is 9.01. The Kier molecular flexibility index (Phi) is 6.46. The fourth-order valence-corrected chi connectivity index (χ4v) is 3.34. The van der Waals surface area contributed by atoms with Crippen LogP contribution in [-0.4, -0.2) is 34.1 Å². The molecule has 0 aliphatic carbocycles. The van der Waals surface area contributed by atoms with Gasteiger partial charge in [0.2, 0.25) is 0 Å². The number of carbonyl (C=O) groups is 2. The third-order valence-electron chi connectivity index (χ3n) is 4.11. The third kappa shape index (κ3) is 4.98. The van der Waals surface area contributed by atoms with Crippen molar-refractivity contribution in [3.8, 4) is 0 Å². The van der Waals surface area contributed by atoms with E-state index in [0.29, 0.717) is 18.5 Å². The number of imidazole rings is 1. The number of hydrogen-bond acceptors (Lipinski definition) is 4. The molecular weight excluding hydrogens is 422 g/mol. The van der Waals surface area contributed by atoms with E-state index in [1.165, 1.54) is 0 Å². The molecule has 0 atom stereocenters. The van der Waals surface area contributed by atoms with Crippen molar-refractivity contribution in [2.75, 3.05) is 6.54 Å². The molecule has 7 heteroatoms. The van der Waals surface area contributed by atoms with Crippen LogP contribution in [0.15, 0.2) is 53.0 Å². The standard InChI is InChI=1S/C21H22BrN3O3/c1-14(2)28-20(26)13-25-18-9-4-3-8-17(18)24-19(25)10-11-23-21(27)15-6-5-7-16(22)12-15/h3-9,12,14H,10-11,13H2,1-2H3,(H,23,27). The van der Waals surface area contributed by atoms with Crippen molar-refractivity contribution < 1.29 is 14.3 Å². The van der Waals surface area contributed by atoms with Crippen LogP contribution in [0.25, 0.3) is 11.0 Å². The first-order valence-corrected chi connectivity index (χ1v) is 9.90. The quantitative estimate of drug-likeness (QED) is 0.564. The van der Waals surface area contributed by atoms with Gasteiger partial charge in [-0.05, 0) is 44.2 Å². The summed E-state index contributed by atoms with van der Waals surface area (Å²) in [6.07, 6.45) is 0.332. The van der Waals surface area contributed by atoms with Crippen LogP contribution in [-0.2, 0) is 22.5 Å². The van der Waals surface area contributed by atoms with E-state index in [1.54, 1.807) is 12.1 Å². The van der Waals surface area contributed by atoms with Crippen LogP contribution in [0.4, 0.5) is 0 Å². The molecule has 3 rings (SSSR count). The van der Waals surface area contributed by atoms with Gasteiger partial charge in [-0.15, -0.1) is 0 Å². The fraction of sp³-hybridized carbons (Fsp3) is 0.286. The van der Waals surface area contributed by atoms with Gasteiger partial charge in [-0.1, -0.05) is 34.1 Å². The number of benzene rings is 2. The van der Waals surface area contributed by atoms with Gasteiger partial charge in [-0.3, -0.25) is 9.59 Å². The molecule has 1 amide bonds. The monoisotopic (exact) mass is 443 g/mol. The minimum atomic E-state index is -0.308. The van der Waals surface area contributed by atoms with Crippen molar-refractivity contribution >= 4 is 38.8 Å². The molecule has 2 aromatic carbocycles. The fourth-order valence-electron chi connectivity index (χ4n) is 2.94. The van der Waals surface area contributed by atoms with E-state index in [4.69, 9.17) is 4.74 Å². The lowest BCUT2D eigenvalue weighted by atomic mass is 10.2. The van der Waals surface area contributed by atoms with E-state index in [0.717, 1.165) is 21.3 Å². The van der Waals surface area contributed by atoms with Crippen LogP contribution in [0.1, 0.15) is 30.0 Å². The number of hydrogen-bond donors (Lipinski definition) is 1. The molecule has 0 saturated heterocycles. The van der Waals surface area contributed by atoms with E-state index in [2.05, 4.69) is 26.2 Å². The number of ether oxygens (including phenoxy) is 1. The van der Waals surface area contributed by atoms with E-state index >= 15 is 0 Å². The summed E-state index contributed by atoms with van der Waals surface area (Å²) in [4.78, 5) is 29.1. The first-order valence-electron chi connectivity index (χ1n) is 9.11. The lowest BCUT2D eigenvalue weighted by Crippen LogP contribution is -2.27. The van der Waals surface area contributed by atoms with Gasteiger partial charge in [-0.25, -0.2) is 4.98 Å². The molecule has 6 nitrogen and oxygen atoms in total. The second-order valence-electron chi connectivity index (χ2n) is 6.66. The topological polar surface area (TPSA) is 73.2 Å². The SMILES string of the molecule is CC(C)OC(=O)Cn1c(CCNC(=O)c2cccc(Br)c2)nc2ccccc21. The lowest BCUT2D eigenvalue weighted by molar-refractivity contribution is -0.148. The molecule has 0 saturated carbocycles. The van der Waals surface area contributed by atoms with Gasteiger partial charge in [0.05, 0.1) is 17.1 Å². The van der Waals surface area contributed by atoms with Crippen LogP contribution in [0.5, 0.6) is 0 Å². The highest BCUT2D eigenvalue weighted by Gasteiger charge is 2.15. The number of nitrogens with one attached hydrogen (secondary N) is 1. The van der Waals surface area contributed by atoms with Crippen LogP contribution in [0.3, 0.4) is 0 Å². The Bertz CT molecular complexity index is 997. The summed E-state index contributed by atoms with van der Waals surface area (Å²) in [5.74, 6) is 0.275. The molecule has 28 heavy (non-hydrogen) atoms. The zero-order chi connectivity index (χ0) is 20.1. The smallest absolute Gasteiger partial charge is 0.326 e. The molecular formula is C21H22BrN3O3. The van der Waals surface area contributed by atoms with Gasteiger partial charge in [0, 0.05) is 23.0 Å². The molecule has 1 aromatic heterocycles. The Hall–Kier alpha value is -2.67. The molecule has 0 fully saturated rings. The summed E-state index contributed by atoms with van der Waals surface area (Å²) in [7, 11) is 0. The number of para-hydroxylation sites is 2.